The summed E-state index contributed by atoms with van der Waals surface area (Å²) in [6.07, 6.45) is 49.6. The molecule has 0 saturated carbocycles. The second kappa shape index (κ2) is 34.0. The van der Waals surface area contributed by atoms with Crippen molar-refractivity contribution in [1.29, 1.82) is 0 Å². The van der Waals surface area contributed by atoms with Gasteiger partial charge < -0.3 is 18.7 Å². The average molecular weight is 894 g/mol. The largest absolute Gasteiger partial charge is 0.542 e. The van der Waals surface area contributed by atoms with Crippen LogP contribution in [0.5, 0.6) is 0 Å². The maximum Gasteiger partial charge on any atom is 0.331 e. The second-order valence-electron chi connectivity index (χ2n) is 18.9. The smallest absolute Gasteiger partial charge is 0.331 e. The molecule has 1 aromatic heterocycles. The lowest BCUT2D eigenvalue weighted by Crippen LogP contribution is -2.43. The monoisotopic (exact) mass is 894 g/mol. The lowest BCUT2D eigenvalue weighted by atomic mass is 10.0. The third-order valence-electron chi connectivity index (χ3n) is 12.3. The van der Waals surface area contributed by atoms with Gasteiger partial charge >= 0.3 is 5.69 Å². The molecule has 63 heavy (non-hydrogen) atoms. The molecule has 0 aromatic carbocycles. The van der Waals surface area contributed by atoms with E-state index >= 15 is 0 Å². The van der Waals surface area contributed by atoms with Crippen LogP contribution in [-0.4, -0.2) is 43.4 Å². The van der Waals surface area contributed by atoms with E-state index in [-0.39, 0.29) is 11.6 Å². The Hall–Kier alpha value is -3.37. The number of nitrogens with one attached hydrogen (secondary N) is 1. The summed E-state index contributed by atoms with van der Waals surface area (Å²) in [5, 5.41) is 4.64. The second-order valence-corrected chi connectivity index (χ2v) is 23.7. The molecule has 1 aromatic rings. The Kier molecular flexibility index (Phi) is 30.1. The number of hydrogen-bond acceptors (Lipinski definition) is 7. The molecule has 0 radical (unpaired) electrons. The van der Waals surface area contributed by atoms with E-state index in [4.69, 9.17) is 23.9 Å². The quantitative estimate of drug-likeness (QED) is 0.0235. The Morgan fingerprint density at radius 3 is 1.62 bits per heavy atom. The highest BCUT2D eigenvalue weighted by atomic mass is 28.4. The van der Waals surface area contributed by atoms with E-state index in [1.807, 2.05) is 0 Å². The first-order valence-corrected chi connectivity index (χ1v) is 28.1. The molecule has 0 bridgehead atoms. The van der Waals surface area contributed by atoms with Crippen molar-refractivity contribution in [2.24, 2.45) is 5.16 Å². The topological polar surface area (TPSA) is 104 Å². The van der Waals surface area contributed by atoms with Crippen LogP contribution in [0.1, 0.15) is 208 Å². The van der Waals surface area contributed by atoms with Gasteiger partial charge in [0.2, 0.25) is 14.5 Å². The van der Waals surface area contributed by atoms with Gasteiger partial charge in [-0.1, -0.05) is 165 Å². The number of rotatable bonds is 37. The van der Waals surface area contributed by atoms with Crippen LogP contribution < -0.4 is 11.2 Å². The summed E-state index contributed by atoms with van der Waals surface area (Å²) in [7, 11) is -0.771. The lowest BCUT2D eigenvalue weighted by Gasteiger charge is -2.37. The Labute approximate surface area is 385 Å². The molecule has 10 heteroatoms. The molecule has 0 spiro atoms. The van der Waals surface area contributed by atoms with E-state index in [0.717, 1.165) is 44.2 Å². The summed E-state index contributed by atoms with van der Waals surface area (Å²) in [6, 6.07) is 1.30. The molecule has 0 amide bonds. The molecule has 1 aliphatic heterocycles. The third-order valence-corrected chi connectivity index (χ3v) is 16.7. The van der Waals surface area contributed by atoms with Gasteiger partial charge in [-0.2, -0.15) is 0 Å². The maximum absolute atomic E-state index is 12.9. The van der Waals surface area contributed by atoms with Crippen LogP contribution in [-0.2, 0) is 18.7 Å². The standard InChI is InChI=1S/C53H91N3O6Si/c1-9-11-13-15-17-19-21-23-25-27-29-31-33-35-37-39-41-46(42-40-38-36-34-32-30-28-26-24-22-20-18-16-14-12-10-2)55-60-45-47-49(62-63(7,8)53(3,4)5)50(59-6)51(61-47)56-44-43-48(57)54-52(56)58/h17-20,23-26,43-44,50-51H,9-16,21-22,27-42,45H2,1-8H3,(H,54,57,58)/b19-17-,20-18-,25-23-,26-24-/t50?,51-/m1/s1. The normalized spacial score (nSPS) is 16.1. The first kappa shape index (κ1) is 55.8. The number of allylic oxidation sites excluding steroid dienone is 8. The zero-order valence-electron chi connectivity index (χ0n) is 41.4. The van der Waals surface area contributed by atoms with Crippen molar-refractivity contribution < 1.29 is 18.7 Å². The van der Waals surface area contributed by atoms with Crippen LogP contribution in [0, 0.1) is 0 Å². The minimum atomic E-state index is -2.35. The number of nitrogens with zero attached hydrogens (tertiary/aromatic N) is 2. The summed E-state index contributed by atoms with van der Waals surface area (Å²) >= 11 is 0. The Balaban J connectivity index is 1.97. The van der Waals surface area contributed by atoms with Crippen LogP contribution in [0.4, 0.5) is 0 Å². The summed E-state index contributed by atoms with van der Waals surface area (Å²) in [6.45, 7) is 15.4. The van der Waals surface area contributed by atoms with E-state index < -0.39 is 31.9 Å². The van der Waals surface area contributed by atoms with Gasteiger partial charge in [-0.3, -0.25) is 14.3 Å². The number of methoxy groups -OCH3 is 1. The number of hydrogen-bond donors (Lipinski definition) is 1. The van der Waals surface area contributed by atoms with E-state index in [1.165, 1.54) is 145 Å². The molecule has 358 valence electrons. The van der Waals surface area contributed by atoms with E-state index in [0.29, 0.717) is 11.5 Å². The molecule has 0 fully saturated rings. The van der Waals surface area contributed by atoms with Gasteiger partial charge in [-0.15, -0.1) is 0 Å². The van der Waals surface area contributed by atoms with Gasteiger partial charge in [-0.05, 0) is 108 Å². The fraction of sp³-hybridized carbons (Fsp3) is 0.717. The Morgan fingerprint density at radius 2 is 1.17 bits per heavy atom. The molecule has 0 aliphatic carbocycles. The van der Waals surface area contributed by atoms with Crippen molar-refractivity contribution >= 4 is 14.0 Å². The number of unbranched alkanes of at least 4 members (excludes halogenated alkanes) is 18. The maximum atomic E-state index is 12.9. The molecular formula is C53H91N3O6Si. The van der Waals surface area contributed by atoms with Crippen LogP contribution in [0.3, 0.4) is 0 Å². The Bertz CT molecular complexity index is 1600. The lowest BCUT2D eigenvalue weighted by molar-refractivity contribution is -0.0398. The van der Waals surface area contributed by atoms with Crippen molar-refractivity contribution in [3.05, 3.63) is 93.2 Å². The molecule has 2 atom stereocenters. The summed E-state index contributed by atoms with van der Waals surface area (Å²) < 4.78 is 20.5. The highest BCUT2D eigenvalue weighted by molar-refractivity contribution is 6.74. The average Bonchev–Trinajstić information content (AvgIpc) is 3.57. The number of aromatic amines is 1. The predicted octanol–water partition coefficient (Wildman–Crippen LogP) is 15.1. The van der Waals surface area contributed by atoms with Crippen LogP contribution in [0.2, 0.25) is 18.1 Å². The van der Waals surface area contributed by atoms with Crippen molar-refractivity contribution in [2.75, 3.05) is 13.7 Å². The molecule has 2 rings (SSSR count). The number of aromatic nitrogens is 2. The SMILES string of the molecule is CCCCC/C=C\C/C=C\CCCCCCCCC(CCCCCCCC/C=C\C/C=C\CCCCC)=NOCC1=C(O[Si](C)(C)C(C)(C)C)C(OC)[C@H](n2ccc(=O)[nH]c2=O)O1. The molecule has 2 heterocycles. The molecule has 1 N–H and O–H groups in total. The molecule has 1 unspecified atom stereocenters. The minimum Gasteiger partial charge on any atom is -0.542 e. The van der Waals surface area contributed by atoms with Crippen LogP contribution in [0.25, 0.3) is 0 Å². The van der Waals surface area contributed by atoms with Gasteiger partial charge in [0.25, 0.3) is 5.56 Å². The fourth-order valence-corrected chi connectivity index (χ4v) is 8.37. The van der Waals surface area contributed by atoms with Crippen molar-refractivity contribution in [3.8, 4) is 0 Å². The Morgan fingerprint density at radius 1 is 0.714 bits per heavy atom. The van der Waals surface area contributed by atoms with E-state index in [9.17, 15) is 9.59 Å². The minimum absolute atomic E-state index is 0.0509. The zero-order valence-corrected chi connectivity index (χ0v) is 42.4. The highest BCUT2D eigenvalue weighted by Crippen LogP contribution is 2.43. The molecule has 9 nitrogen and oxygen atoms in total. The summed E-state index contributed by atoms with van der Waals surface area (Å²) in [4.78, 5) is 33.2. The van der Waals surface area contributed by atoms with Crippen molar-refractivity contribution in [1.82, 2.24) is 9.55 Å². The van der Waals surface area contributed by atoms with Crippen molar-refractivity contribution in [2.45, 2.75) is 232 Å². The predicted molar refractivity (Wildman–Crippen MR) is 269 cm³/mol. The zero-order chi connectivity index (χ0) is 46.0. The first-order chi connectivity index (χ1) is 30.4. The van der Waals surface area contributed by atoms with Gasteiger partial charge in [-0.25, -0.2) is 4.79 Å². The third kappa shape index (κ3) is 24.5. The first-order valence-electron chi connectivity index (χ1n) is 25.2. The van der Waals surface area contributed by atoms with E-state index in [2.05, 4.69) is 101 Å². The van der Waals surface area contributed by atoms with Crippen molar-refractivity contribution in [3.63, 3.8) is 0 Å². The van der Waals surface area contributed by atoms with E-state index in [1.54, 1.807) is 7.11 Å². The number of ether oxygens (including phenoxy) is 2. The number of oxime groups is 1. The number of H-pyrrole nitrogens is 1. The van der Waals surface area contributed by atoms with Gasteiger partial charge in [0, 0.05) is 19.4 Å². The molecule has 0 saturated heterocycles. The van der Waals surface area contributed by atoms with Crippen LogP contribution >= 0.6 is 0 Å². The van der Waals surface area contributed by atoms with Gasteiger partial charge in [0.05, 0.1) is 5.71 Å². The van der Waals surface area contributed by atoms with Gasteiger partial charge in [0.1, 0.15) is 0 Å². The summed E-state index contributed by atoms with van der Waals surface area (Å²) in [5.74, 6) is 0.986. The van der Waals surface area contributed by atoms with Gasteiger partial charge in [0.15, 0.2) is 24.2 Å². The molecular weight excluding hydrogens is 803 g/mol. The highest BCUT2D eigenvalue weighted by Gasteiger charge is 2.47. The summed E-state index contributed by atoms with van der Waals surface area (Å²) in [5.41, 5.74) is 0.0375. The fourth-order valence-electron chi connectivity index (χ4n) is 7.29. The van der Waals surface area contributed by atoms with Crippen LogP contribution in [0.15, 0.2) is 87.1 Å². The molecule has 1 aliphatic rings.